The maximum absolute atomic E-state index is 13.2. The molecule has 30 heavy (non-hydrogen) atoms. The number of carbonyl (C=O) groups excluding carboxylic acids is 2. The second kappa shape index (κ2) is 10.3. The Morgan fingerprint density at radius 2 is 1.83 bits per heavy atom. The minimum atomic E-state index is -3.57. The molecule has 1 N–H and O–H groups in total. The number of pyridine rings is 1. The first-order valence-electron chi connectivity index (χ1n) is 9.19. The van der Waals surface area contributed by atoms with Gasteiger partial charge in [0.1, 0.15) is 11.9 Å². The number of amides is 2. The van der Waals surface area contributed by atoms with Gasteiger partial charge in [-0.15, -0.1) is 0 Å². The highest BCUT2D eigenvalue weighted by atomic mass is 32.2. The van der Waals surface area contributed by atoms with Gasteiger partial charge in [-0.2, -0.15) is 4.31 Å². The van der Waals surface area contributed by atoms with Crippen molar-refractivity contribution in [3.05, 3.63) is 65.7 Å². The summed E-state index contributed by atoms with van der Waals surface area (Å²) < 4.78 is 37.5. The number of sulfonamides is 1. The number of benzene rings is 1. The molecule has 1 unspecified atom stereocenters. The van der Waals surface area contributed by atoms with Crippen molar-refractivity contribution in [3.63, 3.8) is 0 Å². The molecule has 162 valence electrons. The number of hydrogen-bond donors (Lipinski definition) is 1. The number of aromatic nitrogens is 1. The highest BCUT2D eigenvalue weighted by Gasteiger charge is 2.28. The zero-order valence-corrected chi connectivity index (χ0v) is 17.9. The summed E-state index contributed by atoms with van der Waals surface area (Å²) in [6, 6.07) is 8.21. The van der Waals surface area contributed by atoms with Gasteiger partial charge < -0.3 is 10.2 Å². The van der Waals surface area contributed by atoms with Crippen LogP contribution in [-0.4, -0.2) is 60.3 Å². The second-order valence-corrected chi connectivity index (χ2v) is 9.01. The molecule has 0 saturated heterocycles. The van der Waals surface area contributed by atoms with Gasteiger partial charge in [0, 0.05) is 32.5 Å². The van der Waals surface area contributed by atoms with Gasteiger partial charge in [-0.05, 0) is 36.2 Å². The number of likely N-dealkylation sites (N-methyl/N-ethyl adjacent to an activating group) is 1. The van der Waals surface area contributed by atoms with E-state index >= 15 is 0 Å². The van der Waals surface area contributed by atoms with E-state index in [4.69, 9.17) is 0 Å². The standard InChI is InChI=1S/C20H25FN4O4S/c1-15(20(27)23-12-17-5-4-10-22-11-17)25(13-16-6-8-18(21)9-7-16)19(26)14-24(2)30(3,28)29/h4-11,15H,12-14H2,1-3H3,(H,23,27). The van der Waals surface area contributed by atoms with Crippen LogP contribution in [0, 0.1) is 5.82 Å². The largest absolute Gasteiger partial charge is 0.350 e. The molecule has 0 saturated carbocycles. The van der Waals surface area contributed by atoms with E-state index in [0.29, 0.717) is 5.56 Å². The van der Waals surface area contributed by atoms with Gasteiger partial charge in [0.25, 0.3) is 0 Å². The van der Waals surface area contributed by atoms with E-state index in [9.17, 15) is 22.4 Å². The Balaban J connectivity index is 2.16. The lowest BCUT2D eigenvalue weighted by molar-refractivity contribution is -0.140. The molecule has 0 aliphatic rings. The quantitative estimate of drug-likeness (QED) is 0.636. The fraction of sp³-hybridized carbons (Fsp3) is 0.350. The Bertz CT molecular complexity index is 968. The average molecular weight is 437 g/mol. The number of nitrogens with zero attached hydrogens (tertiary/aromatic N) is 3. The molecule has 10 heteroatoms. The molecule has 2 rings (SSSR count). The first-order valence-corrected chi connectivity index (χ1v) is 11.0. The van der Waals surface area contributed by atoms with Crippen LogP contribution < -0.4 is 5.32 Å². The fourth-order valence-corrected chi connectivity index (χ4v) is 2.95. The van der Waals surface area contributed by atoms with E-state index in [2.05, 4.69) is 10.3 Å². The molecule has 2 amide bonds. The monoisotopic (exact) mass is 436 g/mol. The van der Waals surface area contributed by atoms with Crippen molar-refractivity contribution in [2.45, 2.75) is 26.1 Å². The van der Waals surface area contributed by atoms with Crippen LogP contribution in [0.2, 0.25) is 0 Å². The predicted molar refractivity (Wildman–Crippen MR) is 110 cm³/mol. The molecule has 1 aromatic heterocycles. The van der Waals surface area contributed by atoms with E-state index in [0.717, 1.165) is 16.1 Å². The first-order chi connectivity index (χ1) is 14.1. The Morgan fingerprint density at radius 3 is 2.40 bits per heavy atom. The lowest BCUT2D eigenvalue weighted by Gasteiger charge is -2.30. The molecule has 1 atom stereocenters. The summed E-state index contributed by atoms with van der Waals surface area (Å²) in [5, 5.41) is 2.75. The summed E-state index contributed by atoms with van der Waals surface area (Å²) in [6.07, 6.45) is 4.23. The summed E-state index contributed by atoms with van der Waals surface area (Å²) >= 11 is 0. The van der Waals surface area contributed by atoms with Crippen molar-refractivity contribution in [1.29, 1.82) is 0 Å². The van der Waals surface area contributed by atoms with Crippen molar-refractivity contribution in [2.75, 3.05) is 19.8 Å². The molecule has 2 aromatic rings. The van der Waals surface area contributed by atoms with E-state index in [1.165, 1.54) is 36.2 Å². The van der Waals surface area contributed by atoms with Gasteiger partial charge in [-0.1, -0.05) is 18.2 Å². The zero-order valence-electron chi connectivity index (χ0n) is 17.1. The number of rotatable bonds is 9. The minimum absolute atomic E-state index is 0.0260. The topological polar surface area (TPSA) is 99.7 Å². The highest BCUT2D eigenvalue weighted by Crippen LogP contribution is 2.12. The summed E-state index contributed by atoms with van der Waals surface area (Å²) in [5.74, 6) is -1.37. The first kappa shape index (κ1) is 23.4. The van der Waals surface area contributed by atoms with Crippen molar-refractivity contribution in [3.8, 4) is 0 Å². The molecule has 0 radical (unpaired) electrons. The number of carbonyl (C=O) groups is 2. The van der Waals surface area contributed by atoms with E-state index in [1.807, 2.05) is 0 Å². The Kier molecular flexibility index (Phi) is 8.01. The third-order valence-corrected chi connectivity index (χ3v) is 5.81. The van der Waals surface area contributed by atoms with Gasteiger partial charge >= 0.3 is 0 Å². The van der Waals surface area contributed by atoms with Crippen molar-refractivity contribution in [1.82, 2.24) is 19.5 Å². The van der Waals surface area contributed by atoms with Gasteiger partial charge in [0.05, 0.1) is 12.8 Å². The molecule has 1 aromatic carbocycles. The summed E-state index contributed by atoms with van der Waals surface area (Å²) in [4.78, 5) is 30.8. The van der Waals surface area contributed by atoms with Crippen LogP contribution in [0.5, 0.6) is 0 Å². The van der Waals surface area contributed by atoms with E-state index in [-0.39, 0.29) is 13.1 Å². The van der Waals surface area contributed by atoms with E-state index < -0.39 is 40.2 Å². The molecule has 1 heterocycles. The zero-order chi connectivity index (χ0) is 22.3. The maximum Gasteiger partial charge on any atom is 0.242 e. The van der Waals surface area contributed by atoms with Crippen molar-refractivity contribution < 1.29 is 22.4 Å². The van der Waals surface area contributed by atoms with Crippen LogP contribution in [0.3, 0.4) is 0 Å². The Morgan fingerprint density at radius 1 is 1.17 bits per heavy atom. The van der Waals surface area contributed by atoms with Crippen LogP contribution >= 0.6 is 0 Å². The number of nitrogens with one attached hydrogen (secondary N) is 1. The minimum Gasteiger partial charge on any atom is -0.350 e. The predicted octanol–water partition coefficient (Wildman–Crippen LogP) is 1.15. The molecule has 8 nitrogen and oxygen atoms in total. The maximum atomic E-state index is 13.2. The summed E-state index contributed by atoms with van der Waals surface area (Å²) in [5.41, 5.74) is 1.41. The van der Waals surface area contributed by atoms with Gasteiger partial charge in [-0.3, -0.25) is 14.6 Å². The van der Waals surface area contributed by atoms with Crippen molar-refractivity contribution in [2.24, 2.45) is 0 Å². The third kappa shape index (κ3) is 6.89. The Hall–Kier alpha value is -2.85. The molecule has 0 fully saturated rings. The van der Waals surface area contributed by atoms with Crippen LogP contribution in [0.15, 0.2) is 48.8 Å². The van der Waals surface area contributed by atoms with Crippen LogP contribution in [0.4, 0.5) is 4.39 Å². The summed E-state index contributed by atoms with van der Waals surface area (Å²) in [6.45, 7) is 1.40. The molecular formula is C20H25FN4O4S. The SMILES string of the molecule is CC(C(=O)NCc1cccnc1)N(Cc1ccc(F)cc1)C(=O)CN(C)S(C)(=O)=O. The molecule has 0 aliphatic heterocycles. The number of halogens is 1. The van der Waals surface area contributed by atoms with Gasteiger partial charge in [-0.25, -0.2) is 12.8 Å². The van der Waals surface area contributed by atoms with Gasteiger partial charge in [0.2, 0.25) is 21.8 Å². The number of hydrogen-bond acceptors (Lipinski definition) is 5. The second-order valence-electron chi connectivity index (χ2n) is 6.92. The third-order valence-electron chi connectivity index (χ3n) is 4.55. The average Bonchev–Trinajstić information content (AvgIpc) is 2.71. The van der Waals surface area contributed by atoms with Crippen LogP contribution in [-0.2, 0) is 32.7 Å². The molecule has 0 spiro atoms. The molecule has 0 bridgehead atoms. The molecule has 0 aliphatic carbocycles. The van der Waals surface area contributed by atoms with Crippen LogP contribution in [0.1, 0.15) is 18.1 Å². The lowest BCUT2D eigenvalue weighted by atomic mass is 10.1. The van der Waals surface area contributed by atoms with Crippen molar-refractivity contribution >= 4 is 21.8 Å². The van der Waals surface area contributed by atoms with Gasteiger partial charge in [0.15, 0.2) is 0 Å². The summed E-state index contributed by atoms with van der Waals surface area (Å²) in [7, 11) is -2.29. The normalized spacial score (nSPS) is 12.4. The Labute approximate surface area is 175 Å². The van der Waals surface area contributed by atoms with Crippen LogP contribution in [0.25, 0.3) is 0 Å². The highest BCUT2D eigenvalue weighted by molar-refractivity contribution is 7.88. The molecular weight excluding hydrogens is 411 g/mol. The smallest absolute Gasteiger partial charge is 0.242 e. The van der Waals surface area contributed by atoms with E-state index in [1.54, 1.807) is 31.5 Å². The fourth-order valence-electron chi connectivity index (χ4n) is 2.61. The lowest BCUT2D eigenvalue weighted by Crippen LogP contribution is -2.50.